The molecule has 2 rings (SSSR count). The molecule has 0 aliphatic carbocycles. The maximum Gasteiger partial charge on any atom is 0.0966 e. The minimum absolute atomic E-state index is 0.309. The Kier molecular flexibility index (Phi) is 4.76. The number of hydrogen-bond donors (Lipinski definition) is 1. The average molecular weight is 327 g/mol. The summed E-state index contributed by atoms with van der Waals surface area (Å²) in [5, 5.41) is 1.24. The zero-order valence-corrected chi connectivity index (χ0v) is 13.2. The van der Waals surface area contributed by atoms with Gasteiger partial charge in [0.05, 0.1) is 15.2 Å². The van der Waals surface area contributed by atoms with Crippen LogP contribution in [0.1, 0.15) is 44.0 Å². The molecule has 2 nitrogen and oxygen atoms in total. The monoisotopic (exact) mass is 326 g/mol. The second-order valence-corrected chi connectivity index (χ2v) is 6.95. The maximum atomic E-state index is 5.78. The molecular weight excluding hydrogens is 308 g/mol. The summed E-state index contributed by atoms with van der Waals surface area (Å²) in [4.78, 5) is 4.72. The first-order valence-corrected chi connectivity index (χ1v) is 7.99. The molecule has 0 spiro atoms. The molecule has 4 heteroatoms. The lowest BCUT2D eigenvalue weighted by molar-refractivity contribution is 0.556. The standard InChI is InChI=1S/C14H19BrN2S/c1-9(4-3-5-10(2)16)14-17-12-7-6-11(15)8-13(12)18-14/h6-10H,3-5,16H2,1-2H3. The number of fused-ring (bicyclic) bond motifs is 1. The summed E-state index contributed by atoms with van der Waals surface area (Å²) < 4.78 is 2.38. The molecule has 0 amide bonds. The van der Waals surface area contributed by atoms with Crippen LogP contribution >= 0.6 is 27.3 Å². The summed E-state index contributed by atoms with van der Waals surface area (Å²) >= 11 is 5.31. The van der Waals surface area contributed by atoms with Crippen LogP contribution in [-0.2, 0) is 0 Å². The molecular formula is C14H19BrN2S. The Morgan fingerprint density at radius 3 is 2.83 bits per heavy atom. The lowest BCUT2D eigenvalue weighted by Crippen LogP contribution is -2.14. The van der Waals surface area contributed by atoms with Gasteiger partial charge in [0.1, 0.15) is 0 Å². The normalized spacial score (nSPS) is 14.9. The molecule has 2 unspecified atom stereocenters. The van der Waals surface area contributed by atoms with Crippen molar-refractivity contribution in [3.63, 3.8) is 0 Å². The third kappa shape index (κ3) is 3.53. The fourth-order valence-electron chi connectivity index (χ4n) is 2.00. The van der Waals surface area contributed by atoms with E-state index in [4.69, 9.17) is 10.7 Å². The van der Waals surface area contributed by atoms with Crippen molar-refractivity contribution in [3.8, 4) is 0 Å². The van der Waals surface area contributed by atoms with Crippen LogP contribution in [0.25, 0.3) is 10.2 Å². The molecule has 2 N–H and O–H groups in total. The van der Waals surface area contributed by atoms with Gasteiger partial charge in [-0.15, -0.1) is 11.3 Å². The fourth-order valence-corrected chi connectivity index (χ4v) is 3.60. The highest BCUT2D eigenvalue weighted by Gasteiger charge is 2.11. The molecule has 18 heavy (non-hydrogen) atoms. The first-order chi connectivity index (χ1) is 8.56. The molecule has 1 heterocycles. The maximum absolute atomic E-state index is 5.78. The van der Waals surface area contributed by atoms with E-state index in [2.05, 4.69) is 41.9 Å². The number of benzene rings is 1. The molecule has 2 aromatic rings. The molecule has 2 atom stereocenters. The predicted molar refractivity (Wildman–Crippen MR) is 83.2 cm³/mol. The van der Waals surface area contributed by atoms with Crippen LogP contribution in [0.3, 0.4) is 0 Å². The highest BCUT2D eigenvalue weighted by Crippen LogP contribution is 2.31. The van der Waals surface area contributed by atoms with Crippen molar-refractivity contribution < 1.29 is 0 Å². The van der Waals surface area contributed by atoms with E-state index in [1.807, 2.05) is 6.07 Å². The van der Waals surface area contributed by atoms with Crippen LogP contribution in [0.5, 0.6) is 0 Å². The summed E-state index contributed by atoms with van der Waals surface area (Å²) in [6.45, 7) is 4.33. The first-order valence-electron chi connectivity index (χ1n) is 6.38. The molecule has 0 fully saturated rings. The SMILES string of the molecule is CC(N)CCCC(C)c1nc2ccc(Br)cc2s1. The lowest BCUT2D eigenvalue weighted by Gasteiger charge is -2.09. The first kappa shape index (κ1) is 14.0. The molecule has 1 aromatic heterocycles. The van der Waals surface area contributed by atoms with Crippen molar-refractivity contribution in [2.45, 2.75) is 45.1 Å². The fraction of sp³-hybridized carbons (Fsp3) is 0.500. The van der Waals surface area contributed by atoms with Gasteiger partial charge in [0, 0.05) is 16.4 Å². The van der Waals surface area contributed by atoms with E-state index in [9.17, 15) is 0 Å². The van der Waals surface area contributed by atoms with Crippen LogP contribution < -0.4 is 5.73 Å². The molecule has 0 saturated carbocycles. The molecule has 0 radical (unpaired) electrons. The largest absolute Gasteiger partial charge is 0.328 e. The van der Waals surface area contributed by atoms with E-state index in [-0.39, 0.29) is 0 Å². The van der Waals surface area contributed by atoms with E-state index in [1.165, 1.54) is 22.5 Å². The number of nitrogens with zero attached hydrogens (tertiary/aromatic N) is 1. The van der Waals surface area contributed by atoms with Gasteiger partial charge in [-0.2, -0.15) is 0 Å². The van der Waals surface area contributed by atoms with Gasteiger partial charge >= 0.3 is 0 Å². The van der Waals surface area contributed by atoms with E-state index >= 15 is 0 Å². The number of halogens is 1. The Labute approximate surface area is 121 Å². The second kappa shape index (κ2) is 6.13. The Morgan fingerprint density at radius 1 is 1.33 bits per heavy atom. The summed E-state index contributed by atoms with van der Waals surface area (Å²) in [6, 6.07) is 6.58. The third-order valence-corrected chi connectivity index (χ3v) is 4.83. The zero-order chi connectivity index (χ0) is 13.1. The van der Waals surface area contributed by atoms with E-state index < -0.39 is 0 Å². The molecule has 0 aliphatic heterocycles. The van der Waals surface area contributed by atoms with Gasteiger partial charge < -0.3 is 5.73 Å². The van der Waals surface area contributed by atoms with Crippen LogP contribution in [0.15, 0.2) is 22.7 Å². The van der Waals surface area contributed by atoms with Gasteiger partial charge in [-0.25, -0.2) is 4.98 Å². The number of aromatic nitrogens is 1. The van der Waals surface area contributed by atoms with Gasteiger partial charge in [-0.05, 0) is 38.0 Å². The van der Waals surface area contributed by atoms with E-state index in [0.29, 0.717) is 12.0 Å². The number of rotatable bonds is 5. The Hall–Kier alpha value is -0.450. The average Bonchev–Trinajstić information content (AvgIpc) is 2.71. The number of nitrogens with two attached hydrogens (primary N) is 1. The molecule has 98 valence electrons. The molecule has 0 saturated heterocycles. The summed E-state index contributed by atoms with van der Waals surface area (Å²) in [6.07, 6.45) is 3.45. The minimum Gasteiger partial charge on any atom is -0.328 e. The van der Waals surface area contributed by atoms with Crippen LogP contribution in [-0.4, -0.2) is 11.0 Å². The van der Waals surface area contributed by atoms with Crippen molar-refractivity contribution >= 4 is 37.5 Å². The Bertz CT molecular complexity index is 521. The molecule has 0 bridgehead atoms. The van der Waals surface area contributed by atoms with Crippen molar-refractivity contribution in [1.29, 1.82) is 0 Å². The van der Waals surface area contributed by atoms with Gasteiger partial charge in [-0.1, -0.05) is 29.3 Å². The Balaban J connectivity index is 2.06. The number of hydrogen-bond acceptors (Lipinski definition) is 3. The topological polar surface area (TPSA) is 38.9 Å². The Morgan fingerprint density at radius 2 is 2.11 bits per heavy atom. The number of thiazole rings is 1. The van der Waals surface area contributed by atoms with E-state index in [1.54, 1.807) is 11.3 Å². The van der Waals surface area contributed by atoms with Gasteiger partial charge in [-0.3, -0.25) is 0 Å². The summed E-state index contributed by atoms with van der Waals surface area (Å²) in [7, 11) is 0. The van der Waals surface area contributed by atoms with Crippen LogP contribution in [0, 0.1) is 0 Å². The molecule has 0 aliphatic rings. The molecule has 1 aromatic carbocycles. The highest BCUT2D eigenvalue weighted by atomic mass is 79.9. The van der Waals surface area contributed by atoms with Crippen molar-refractivity contribution in [1.82, 2.24) is 4.98 Å². The van der Waals surface area contributed by atoms with Gasteiger partial charge in [0.25, 0.3) is 0 Å². The second-order valence-electron chi connectivity index (χ2n) is 4.97. The summed E-state index contributed by atoms with van der Waals surface area (Å²) in [5.74, 6) is 0.528. The minimum atomic E-state index is 0.309. The van der Waals surface area contributed by atoms with Crippen LogP contribution in [0.4, 0.5) is 0 Å². The lowest BCUT2D eigenvalue weighted by atomic mass is 10.0. The van der Waals surface area contributed by atoms with Crippen molar-refractivity contribution in [2.75, 3.05) is 0 Å². The van der Waals surface area contributed by atoms with E-state index in [0.717, 1.165) is 16.4 Å². The third-order valence-electron chi connectivity index (χ3n) is 3.09. The predicted octanol–water partition coefficient (Wildman–Crippen LogP) is 4.68. The van der Waals surface area contributed by atoms with Crippen molar-refractivity contribution in [3.05, 3.63) is 27.7 Å². The van der Waals surface area contributed by atoms with Gasteiger partial charge in [0.15, 0.2) is 0 Å². The van der Waals surface area contributed by atoms with Gasteiger partial charge in [0.2, 0.25) is 0 Å². The smallest absolute Gasteiger partial charge is 0.0966 e. The van der Waals surface area contributed by atoms with Crippen molar-refractivity contribution in [2.24, 2.45) is 5.73 Å². The summed E-state index contributed by atoms with van der Waals surface area (Å²) in [5.41, 5.74) is 6.89. The quantitative estimate of drug-likeness (QED) is 0.866. The zero-order valence-electron chi connectivity index (χ0n) is 10.8. The highest BCUT2D eigenvalue weighted by molar-refractivity contribution is 9.10. The van der Waals surface area contributed by atoms with Crippen LogP contribution in [0.2, 0.25) is 0 Å².